The van der Waals surface area contributed by atoms with E-state index < -0.39 is 0 Å². The maximum atomic E-state index is 6.06. The summed E-state index contributed by atoms with van der Waals surface area (Å²) < 4.78 is 11.3. The molecule has 5 rings (SSSR count). The van der Waals surface area contributed by atoms with Gasteiger partial charge in [0.2, 0.25) is 5.88 Å². The number of pyridine rings is 1. The zero-order chi connectivity index (χ0) is 20.3. The van der Waals surface area contributed by atoms with Gasteiger partial charge in [-0.05, 0) is 42.5 Å². The zero-order valence-electron chi connectivity index (χ0n) is 16.2. The summed E-state index contributed by atoms with van der Waals surface area (Å²) in [5, 5.41) is 0. The van der Waals surface area contributed by atoms with Gasteiger partial charge in [-0.15, -0.1) is 11.8 Å². The molecule has 0 saturated carbocycles. The maximum absolute atomic E-state index is 6.06. The van der Waals surface area contributed by atoms with Gasteiger partial charge in [-0.3, -0.25) is 4.98 Å². The first kappa shape index (κ1) is 18.4. The third-order valence-electron chi connectivity index (χ3n) is 4.76. The first-order chi connectivity index (χ1) is 14.8. The smallest absolute Gasteiger partial charge is 0.246 e. The van der Waals surface area contributed by atoms with E-state index in [1.54, 1.807) is 31.9 Å². The molecule has 0 aliphatic carbocycles. The van der Waals surface area contributed by atoms with Gasteiger partial charge in [0.25, 0.3) is 0 Å². The quantitative estimate of drug-likeness (QED) is 0.425. The number of nitrogens with zero attached hydrogens (tertiary/aromatic N) is 4. The lowest BCUT2D eigenvalue weighted by Crippen LogP contribution is -2.11. The summed E-state index contributed by atoms with van der Waals surface area (Å²) in [5.41, 5.74) is 3.74. The number of thioether (sulfide) groups is 1. The van der Waals surface area contributed by atoms with Gasteiger partial charge in [0, 0.05) is 34.7 Å². The standard InChI is InChI=1S/C23H18N4O2S/c1-28-19-12-16(13-24-14-19)22-23(26-11-10-25-22)29-18-8-6-17(7-9-18)27-15-30-21-5-3-2-4-20(21)27/h2-14H,15H2,1H3. The van der Waals surface area contributed by atoms with Crippen molar-refractivity contribution in [2.45, 2.75) is 4.90 Å². The Balaban J connectivity index is 1.40. The number of hydrogen-bond acceptors (Lipinski definition) is 7. The molecule has 1 aliphatic rings. The van der Waals surface area contributed by atoms with E-state index in [9.17, 15) is 0 Å². The minimum Gasteiger partial charge on any atom is -0.495 e. The van der Waals surface area contributed by atoms with Crippen LogP contribution in [0.15, 0.2) is 84.3 Å². The summed E-state index contributed by atoms with van der Waals surface area (Å²) in [7, 11) is 1.60. The molecule has 0 radical (unpaired) electrons. The molecule has 0 saturated heterocycles. The number of rotatable bonds is 5. The third-order valence-corrected chi connectivity index (χ3v) is 5.80. The second-order valence-electron chi connectivity index (χ2n) is 6.59. The molecule has 0 N–H and O–H groups in total. The van der Waals surface area contributed by atoms with Gasteiger partial charge in [0.05, 0.1) is 24.9 Å². The minimum atomic E-state index is 0.419. The zero-order valence-corrected chi connectivity index (χ0v) is 17.0. The van der Waals surface area contributed by atoms with E-state index in [1.807, 2.05) is 30.0 Å². The summed E-state index contributed by atoms with van der Waals surface area (Å²) in [6, 6.07) is 18.3. The molecule has 0 bridgehead atoms. The van der Waals surface area contributed by atoms with Crippen molar-refractivity contribution in [3.8, 4) is 28.6 Å². The predicted molar refractivity (Wildman–Crippen MR) is 118 cm³/mol. The number of anilines is 2. The van der Waals surface area contributed by atoms with Gasteiger partial charge in [0.15, 0.2) is 0 Å². The molecule has 148 valence electrons. The van der Waals surface area contributed by atoms with Crippen LogP contribution in [-0.2, 0) is 0 Å². The van der Waals surface area contributed by atoms with Crippen LogP contribution in [0.25, 0.3) is 11.3 Å². The number of ether oxygens (including phenoxy) is 2. The van der Waals surface area contributed by atoms with Gasteiger partial charge in [-0.25, -0.2) is 9.97 Å². The van der Waals surface area contributed by atoms with Crippen molar-refractivity contribution in [1.82, 2.24) is 15.0 Å². The van der Waals surface area contributed by atoms with Crippen molar-refractivity contribution in [1.29, 1.82) is 0 Å². The second-order valence-corrected chi connectivity index (χ2v) is 7.58. The van der Waals surface area contributed by atoms with Crippen LogP contribution in [0.2, 0.25) is 0 Å². The summed E-state index contributed by atoms with van der Waals surface area (Å²) in [5.74, 6) is 2.66. The fourth-order valence-corrected chi connectivity index (χ4v) is 4.34. The molecule has 2 aromatic carbocycles. The SMILES string of the molecule is COc1cncc(-c2nccnc2Oc2ccc(N3CSc4ccccc43)cc2)c1. The topological polar surface area (TPSA) is 60.4 Å². The highest BCUT2D eigenvalue weighted by atomic mass is 32.2. The Morgan fingerprint density at radius 2 is 1.77 bits per heavy atom. The third kappa shape index (κ3) is 3.55. The molecule has 0 unspecified atom stereocenters. The van der Waals surface area contributed by atoms with Crippen molar-refractivity contribution in [2.24, 2.45) is 0 Å². The van der Waals surface area contributed by atoms with Crippen LogP contribution >= 0.6 is 11.8 Å². The largest absolute Gasteiger partial charge is 0.495 e. The van der Waals surface area contributed by atoms with Crippen LogP contribution in [0.5, 0.6) is 17.4 Å². The van der Waals surface area contributed by atoms with Crippen molar-refractivity contribution in [3.63, 3.8) is 0 Å². The fraction of sp³-hybridized carbons (Fsp3) is 0.0870. The summed E-state index contributed by atoms with van der Waals surface area (Å²) in [6.45, 7) is 0. The second kappa shape index (κ2) is 8.04. The number of para-hydroxylation sites is 1. The van der Waals surface area contributed by atoms with Gasteiger partial charge < -0.3 is 14.4 Å². The molecule has 0 atom stereocenters. The number of hydrogen-bond donors (Lipinski definition) is 0. The maximum Gasteiger partial charge on any atom is 0.246 e. The van der Waals surface area contributed by atoms with E-state index in [0.29, 0.717) is 23.1 Å². The molecule has 4 aromatic rings. The monoisotopic (exact) mass is 414 g/mol. The fourth-order valence-electron chi connectivity index (χ4n) is 3.28. The Morgan fingerprint density at radius 1 is 0.933 bits per heavy atom. The Morgan fingerprint density at radius 3 is 2.63 bits per heavy atom. The van der Waals surface area contributed by atoms with Crippen LogP contribution in [0.1, 0.15) is 0 Å². The molecule has 7 heteroatoms. The van der Waals surface area contributed by atoms with Crippen LogP contribution < -0.4 is 14.4 Å². The van der Waals surface area contributed by atoms with E-state index in [4.69, 9.17) is 9.47 Å². The van der Waals surface area contributed by atoms with Crippen LogP contribution in [0.3, 0.4) is 0 Å². The van der Waals surface area contributed by atoms with Gasteiger partial charge in [0.1, 0.15) is 17.2 Å². The van der Waals surface area contributed by atoms with E-state index in [1.165, 1.54) is 10.6 Å². The van der Waals surface area contributed by atoms with Crippen molar-refractivity contribution < 1.29 is 9.47 Å². The highest BCUT2D eigenvalue weighted by Gasteiger charge is 2.20. The number of methoxy groups -OCH3 is 1. The Labute approximate surface area is 178 Å². The van der Waals surface area contributed by atoms with E-state index >= 15 is 0 Å². The van der Waals surface area contributed by atoms with E-state index in [-0.39, 0.29) is 0 Å². The Bertz CT molecular complexity index is 1180. The molecule has 30 heavy (non-hydrogen) atoms. The lowest BCUT2D eigenvalue weighted by Gasteiger charge is -2.19. The number of benzene rings is 2. The number of aromatic nitrogens is 3. The molecule has 2 aromatic heterocycles. The first-order valence-electron chi connectivity index (χ1n) is 9.39. The molecule has 0 fully saturated rings. The van der Waals surface area contributed by atoms with Crippen molar-refractivity contribution in [3.05, 3.63) is 79.4 Å². The molecule has 1 aliphatic heterocycles. The molecule has 0 spiro atoms. The Kier molecular flexibility index (Phi) is 4.94. The molecule has 3 heterocycles. The summed E-state index contributed by atoms with van der Waals surface area (Å²) in [6.07, 6.45) is 6.60. The van der Waals surface area contributed by atoms with Gasteiger partial charge in [-0.1, -0.05) is 12.1 Å². The molecule has 0 amide bonds. The highest BCUT2D eigenvalue weighted by Crippen LogP contribution is 2.43. The summed E-state index contributed by atoms with van der Waals surface area (Å²) >= 11 is 1.84. The number of fused-ring (bicyclic) bond motifs is 1. The minimum absolute atomic E-state index is 0.419. The summed E-state index contributed by atoms with van der Waals surface area (Å²) in [4.78, 5) is 16.6. The first-order valence-corrected chi connectivity index (χ1v) is 10.4. The van der Waals surface area contributed by atoms with Crippen LogP contribution in [0.4, 0.5) is 11.4 Å². The highest BCUT2D eigenvalue weighted by molar-refractivity contribution is 7.99. The average Bonchev–Trinajstić information content (AvgIpc) is 3.24. The molecule has 6 nitrogen and oxygen atoms in total. The average molecular weight is 414 g/mol. The van der Waals surface area contributed by atoms with Crippen molar-refractivity contribution in [2.75, 3.05) is 17.9 Å². The normalized spacial score (nSPS) is 12.5. The molecular formula is C23H18N4O2S. The van der Waals surface area contributed by atoms with Crippen LogP contribution in [0, 0.1) is 0 Å². The lowest BCUT2D eigenvalue weighted by molar-refractivity contribution is 0.413. The lowest BCUT2D eigenvalue weighted by atomic mass is 10.2. The van der Waals surface area contributed by atoms with E-state index in [2.05, 4.69) is 56.3 Å². The van der Waals surface area contributed by atoms with Crippen molar-refractivity contribution >= 4 is 23.1 Å². The van der Waals surface area contributed by atoms with Gasteiger partial charge in [-0.2, -0.15) is 0 Å². The predicted octanol–water partition coefficient (Wildman–Crippen LogP) is 5.54. The van der Waals surface area contributed by atoms with Gasteiger partial charge >= 0.3 is 0 Å². The molecular weight excluding hydrogens is 396 g/mol. The van der Waals surface area contributed by atoms with Crippen LogP contribution in [-0.4, -0.2) is 27.9 Å². The van der Waals surface area contributed by atoms with E-state index in [0.717, 1.165) is 17.1 Å². The Hall–Kier alpha value is -3.58.